The van der Waals surface area contributed by atoms with Crippen LogP contribution in [0, 0.1) is 0 Å². The van der Waals surface area contributed by atoms with Crippen molar-refractivity contribution in [2.45, 2.75) is 5.55 Å². The highest BCUT2D eigenvalue weighted by Gasteiger charge is 2.18. The molecule has 0 heterocycles. The molecule has 0 spiro atoms. The predicted octanol–water partition coefficient (Wildman–Crippen LogP) is -0.0859. The van der Waals surface area contributed by atoms with Crippen LogP contribution < -0.4 is 0 Å². The summed E-state index contributed by atoms with van der Waals surface area (Å²) in [5, 5.41) is 0. The normalized spacial score (nSPS) is 12.5. The van der Waals surface area contributed by atoms with Gasteiger partial charge in [-0.05, 0) is 0 Å². The topological polar surface area (TPSA) is 0 Å². The first-order chi connectivity index (χ1) is 2.56. The molecule has 0 bridgehead atoms. The van der Waals surface area contributed by atoms with E-state index in [0.29, 0.717) is 0 Å². The fourth-order valence-electron chi connectivity index (χ4n) is 0. The van der Waals surface area contributed by atoms with Crippen molar-refractivity contribution in [3.63, 3.8) is 0 Å². The van der Waals surface area contributed by atoms with E-state index in [-0.39, 0.29) is 10.2 Å². The summed E-state index contributed by atoms with van der Waals surface area (Å²) in [6.07, 6.45) is 0. The number of rotatable bonds is 1. The average molecular weight is 114 g/mol. The standard InChI is InChI=1S/C2H5F3Si/c3-1-2(4,5)6/h1H2,6H3. The van der Waals surface area contributed by atoms with Crippen LogP contribution in [0.25, 0.3) is 0 Å². The van der Waals surface area contributed by atoms with Gasteiger partial charge in [0, 0.05) is 0 Å². The second-order valence-corrected chi connectivity index (χ2v) is 2.67. The number of hydrogen-bond acceptors (Lipinski definition) is 0. The monoisotopic (exact) mass is 114 g/mol. The Labute approximate surface area is 36.8 Å². The second kappa shape index (κ2) is 1.64. The zero-order chi connectivity index (χ0) is 5.21. The van der Waals surface area contributed by atoms with Gasteiger partial charge in [-0.2, -0.15) is 0 Å². The van der Waals surface area contributed by atoms with Crippen LogP contribution in [-0.2, 0) is 0 Å². The molecule has 6 heavy (non-hydrogen) atoms. The van der Waals surface area contributed by atoms with Gasteiger partial charge in [0.1, 0.15) is 6.67 Å². The minimum atomic E-state index is -2.99. The summed E-state index contributed by atoms with van der Waals surface area (Å²) in [6.45, 7) is -1.50. The van der Waals surface area contributed by atoms with Crippen molar-refractivity contribution in [2.75, 3.05) is 6.67 Å². The highest BCUT2D eigenvalue weighted by atomic mass is 28.1. The summed E-state index contributed by atoms with van der Waals surface area (Å²) in [6, 6.07) is 0. The molecule has 0 nitrogen and oxygen atoms in total. The Bertz CT molecular complexity index is 38.5. The molecular formula is C2H5F3Si. The van der Waals surface area contributed by atoms with Gasteiger partial charge in [-0.1, -0.05) is 0 Å². The van der Waals surface area contributed by atoms with Crippen molar-refractivity contribution < 1.29 is 13.2 Å². The quantitative estimate of drug-likeness (QED) is 0.418. The molecule has 0 radical (unpaired) electrons. The van der Waals surface area contributed by atoms with Gasteiger partial charge in [0.05, 0.1) is 10.2 Å². The molecule has 4 heteroatoms. The lowest BCUT2D eigenvalue weighted by Crippen LogP contribution is -2.17. The molecule has 0 aliphatic rings. The van der Waals surface area contributed by atoms with E-state index >= 15 is 0 Å². The number of alkyl halides is 3. The lowest BCUT2D eigenvalue weighted by Gasteiger charge is -1.99. The van der Waals surface area contributed by atoms with Gasteiger partial charge in [-0.25, -0.2) is 13.2 Å². The van der Waals surface area contributed by atoms with Crippen molar-refractivity contribution >= 4 is 10.2 Å². The van der Waals surface area contributed by atoms with Crippen LogP contribution in [0.15, 0.2) is 0 Å². The van der Waals surface area contributed by atoms with Gasteiger partial charge in [0.15, 0.2) is 0 Å². The molecule has 0 fully saturated rings. The maximum Gasteiger partial charge on any atom is 0.246 e. The van der Waals surface area contributed by atoms with Gasteiger partial charge in [0.2, 0.25) is 5.55 Å². The Morgan fingerprint density at radius 1 is 1.50 bits per heavy atom. The summed E-state index contributed by atoms with van der Waals surface area (Å²) in [7, 11) is -0.380. The van der Waals surface area contributed by atoms with Crippen molar-refractivity contribution in [3.05, 3.63) is 0 Å². The van der Waals surface area contributed by atoms with Crippen LogP contribution in [-0.4, -0.2) is 22.5 Å². The van der Waals surface area contributed by atoms with Crippen LogP contribution in [0.4, 0.5) is 13.2 Å². The van der Waals surface area contributed by atoms with E-state index in [1.54, 1.807) is 0 Å². The molecule has 0 unspecified atom stereocenters. The molecule has 0 saturated carbocycles. The van der Waals surface area contributed by atoms with Crippen molar-refractivity contribution in [1.82, 2.24) is 0 Å². The van der Waals surface area contributed by atoms with Crippen LogP contribution in [0.1, 0.15) is 0 Å². The molecule has 0 aliphatic carbocycles. The first-order valence-electron chi connectivity index (χ1n) is 1.50. The molecule has 0 aromatic rings. The number of hydrogen-bond donors (Lipinski definition) is 0. The van der Waals surface area contributed by atoms with Crippen LogP contribution >= 0.6 is 0 Å². The first-order valence-corrected chi connectivity index (χ1v) is 2.50. The molecule has 0 rings (SSSR count). The third-order valence-electron chi connectivity index (χ3n) is 0.235. The Hall–Kier alpha value is 0.00688. The van der Waals surface area contributed by atoms with Gasteiger partial charge in [-0.3, -0.25) is 0 Å². The second-order valence-electron chi connectivity index (χ2n) is 1.20. The van der Waals surface area contributed by atoms with Gasteiger partial charge in [-0.15, -0.1) is 0 Å². The molecule has 0 amide bonds. The van der Waals surface area contributed by atoms with Gasteiger partial charge >= 0.3 is 0 Å². The van der Waals surface area contributed by atoms with Gasteiger partial charge in [0.25, 0.3) is 0 Å². The summed E-state index contributed by atoms with van der Waals surface area (Å²) >= 11 is 0. The maximum atomic E-state index is 11.1. The first kappa shape index (κ1) is 6.01. The minimum absolute atomic E-state index is 0.380. The fourth-order valence-corrected chi connectivity index (χ4v) is 0. The molecule has 0 aromatic heterocycles. The van der Waals surface area contributed by atoms with E-state index in [1.807, 2.05) is 0 Å². The Morgan fingerprint density at radius 3 is 1.67 bits per heavy atom. The van der Waals surface area contributed by atoms with Crippen molar-refractivity contribution in [2.24, 2.45) is 0 Å². The van der Waals surface area contributed by atoms with E-state index < -0.39 is 12.2 Å². The maximum absolute atomic E-state index is 11.1. The number of halogens is 3. The molecule has 38 valence electrons. The molecule has 0 N–H and O–H groups in total. The lowest BCUT2D eigenvalue weighted by atomic mass is 10.8. The summed E-state index contributed by atoms with van der Waals surface area (Å²) in [5.74, 6) is 0. The SMILES string of the molecule is FCC(F)(F)[SiH3]. The highest BCUT2D eigenvalue weighted by Crippen LogP contribution is 2.05. The molecule has 0 aromatic carbocycles. The van der Waals surface area contributed by atoms with E-state index in [9.17, 15) is 13.2 Å². The predicted molar refractivity (Wildman–Crippen MR) is 20.9 cm³/mol. The highest BCUT2D eigenvalue weighted by molar-refractivity contribution is 6.13. The molecule has 0 aliphatic heterocycles. The van der Waals surface area contributed by atoms with Crippen LogP contribution in [0.2, 0.25) is 0 Å². The molecular weight excluding hydrogens is 109 g/mol. The average Bonchev–Trinajstić information content (AvgIpc) is 1.35. The summed E-state index contributed by atoms with van der Waals surface area (Å²) in [5.41, 5.74) is -2.99. The summed E-state index contributed by atoms with van der Waals surface area (Å²) < 4.78 is 33.1. The fraction of sp³-hybridized carbons (Fsp3) is 1.00. The zero-order valence-corrected chi connectivity index (χ0v) is 5.34. The molecule has 0 atom stereocenters. The van der Waals surface area contributed by atoms with Crippen molar-refractivity contribution in [1.29, 1.82) is 0 Å². The minimum Gasteiger partial charge on any atom is -0.245 e. The van der Waals surface area contributed by atoms with E-state index in [1.165, 1.54) is 0 Å². The summed E-state index contributed by atoms with van der Waals surface area (Å²) in [4.78, 5) is 0. The Kier molecular flexibility index (Phi) is 1.64. The zero-order valence-electron chi connectivity index (χ0n) is 3.34. The smallest absolute Gasteiger partial charge is 0.245 e. The van der Waals surface area contributed by atoms with Crippen molar-refractivity contribution in [3.8, 4) is 0 Å². The van der Waals surface area contributed by atoms with E-state index in [0.717, 1.165) is 0 Å². The largest absolute Gasteiger partial charge is 0.246 e. The van der Waals surface area contributed by atoms with E-state index in [2.05, 4.69) is 0 Å². The third kappa shape index (κ3) is 4.01. The van der Waals surface area contributed by atoms with Crippen LogP contribution in [0.5, 0.6) is 0 Å². The third-order valence-corrected chi connectivity index (χ3v) is 0.502. The molecule has 0 saturated heterocycles. The Balaban J connectivity index is 3.17. The van der Waals surface area contributed by atoms with Crippen LogP contribution in [0.3, 0.4) is 0 Å². The van der Waals surface area contributed by atoms with Gasteiger partial charge < -0.3 is 0 Å². The lowest BCUT2D eigenvalue weighted by molar-refractivity contribution is 0.0645. The van der Waals surface area contributed by atoms with E-state index in [4.69, 9.17) is 0 Å². The Morgan fingerprint density at radius 2 is 1.67 bits per heavy atom.